The van der Waals surface area contributed by atoms with E-state index in [2.05, 4.69) is 21.8 Å². The van der Waals surface area contributed by atoms with Gasteiger partial charge in [0.05, 0.1) is 0 Å². The second kappa shape index (κ2) is 7.78. The van der Waals surface area contributed by atoms with Gasteiger partial charge in [0.2, 0.25) is 0 Å². The second-order valence-corrected chi connectivity index (χ2v) is 7.32. The van der Waals surface area contributed by atoms with Gasteiger partial charge in [0.25, 0.3) is 0 Å². The fraction of sp³-hybridized carbons (Fsp3) is 0.211. The van der Waals surface area contributed by atoms with Crippen LogP contribution in [0, 0.1) is 11.6 Å². The summed E-state index contributed by atoms with van der Waals surface area (Å²) in [4.78, 5) is 4.02. The maximum atomic E-state index is 14.1. The highest BCUT2D eigenvalue weighted by atomic mass is 32.2. The van der Waals surface area contributed by atoms with Crippen LogP contribution in [-0.4, -0.2) is 19.7 Å². The molecule has 1 atom stereocenters. The molecule has 0 aliphatic carbocycles. The lowest BCUT2D eigenvalue weighted by Gasteiger charge is -2.14. The van der Waals surface area contributed by atoms with Crippen molar-refractivity contribution in [1.29, 1.82) is 0 Å². The Morgan fingerprint density at radius 2 is 1.92 bits per heavy atom. The summed E-state index contributed by atoms with van der Waals surface area (Å²) in [7, 11) is 0. The maximum absolute atomic E-state index is 14.1. The minimum absolute atomic E-state index is 0.297. The first kappa shape index (κ1) is 18.3. The first-order chi connectivity index (χ1) is 12.5. The van der Waals surface area contributed by atoms with E-state index in [1.165, 1.54) is 17.8 Å². The van der Waals surface area contributed by atoms with Crippen LogP contribution in [0.15, 0.2) is 60.0 Å². The second-order valence-electron chi connectivity index (χ2n) is 6.01. The third-order valence-electron chi connectivity index (χ3n) is 3.76. The van der Waals surface area contributed by atoms with E-state index >= 15 is 0 Å². The Kier molecular flexibility index (Phi) is 5.46. The zero-order valence-electron chi connectivity index (χ0n) is 14.5. The highest BCUT2D eigenvalue weighted by Gasteiger charge is 2.20. The van der Waals surface area contributed by atoms with Crippen LogP contribution in [0.4, 0.5) is 8.78 Å². The molecular formula is C19H18F2N4S. The minimum Gasteiger partial charge on any atom is -0.298 e. The van der Waals surface area contributed by atoms with Gasteiger partial charge in [-0.25, -0.2) is 8.78 Å². The number of nitrogens with zero attached hydrogens (tertiary/aromatic N) is 4. The van der Waals surface area contributed by atoms with Crippen LogP contribution in [0.1, 0.15) is 24.7 Å². The van der Waals surface area contributed by atoms with E-state index in [4.69, 9.17) is 0 Å². The normalized spacial score (nSPS) is 12.2. The summed E-state index contributed by atoms with van der Waals surface area (Å²) in [6.07, 6.45) is 3.37. The first-order valence-electron chi connectivity index (χ1n) is 8.05. The number of pyridine rings is 1. The van der Waals surface area contributed by atoms with E-state index in [9.17, 15) is 8.78 Å². The molecule has 0 saturated carbocycles. The average molecular weight is 372 g/mol. The Morgan fingerprint density at radius 3 is 2.62 bits per heavy atom. The number of hydrogen-bond donors (Lipinski definition) is 0. The summed E-state index contributed by atoms with van der Waals surface area (Å²) in [5.74, 6) is -0.216. The Hall–Kier alpha value is -2.54. The van der Waals surface area contributed by atoms with E-state index < -0.39 is 11.6 Å². The van der Waals surface area contributed by atoms with Gasteiger partial charge in [-0.2, -0.15) is 0 Å². The Bertz CT molecular complexity index is 925. The van der Waals surface area contributed by atoms with Crippen molar-refractivity contribution in [3.63, 3.8) is 0 Å². The number of thioether (sulfide) groups is 1. The summed E-state index contributed by atoms with van der Waals surface area (Å²) in [6, 6.07) is 7.17. The van der Waals surface area contributed by atoms with E-state index in [-0.39, 0.29) is 5.25 Å². The number of benzene rings is 1. The lowest BCUT2D eigenvalue weighted by atomic mass is 10.1. The van der Waals surface area contributed by atoms with Crippen LogP contribution in [-0.2, 0) is 6.54 Å². The molecule has 0 aliphatic rings. The van der Waals surface area contributed by atoms with Crippen molar-refractivity contribution in [2.24, 2.45) is 0 Å². The monoisotopic (exact) mass is 372 g/mol. The molecule has 0 fully saturated rings. The van der Waals surface area contributed by atoms with Gasteiger partial charge in [0, 0.05) is 35.3 Å². The molecule has 0 amide bonds. The Morgan fingerprint density at radius 1 is 1.19 bits per heavy atom. The zero-order valence-corrected chi connectivity index (χ0v) is 15.3. The molecule has 0 saturated heterocycles. The topological polar surface area (TPSA) is 43.6 Å². The van der Waals surface area contributed by atoms with Gasteiger partial charge in [-0.15, -0.1) is 10.2 Å². The highest BCUT2D eigenvalue weighted by Crippen LogP contribution is 2.36. The molecule has 1 aromatic carbocycles. The number of allylic oxidation sites excluding steroid dienone is 1. The molecule has 0 radical (unpaired) electrons. The summed E-state index contributed by atoms with van der Waals surface area (Å²) >= 11 is 1.33. The first-order valence-corrected chi connectivity index (χ1v) is 8.93. The molecule has 134 valence electrons. The van der Waals surface area contributed by atoms with Gasteiger partial charge < -0.3 is 0 Å². The molecule has 3 aromatic rings. The molecule has 2 heterocycles. The molecule has 2 aromatic heterocycles. The predicted molar refractivity (Wildman–Crippen MR) is 98.7 cm³/mol. The number of rotatable bonds is 6. The third kappa shape index (κ3) is 3.99. The molecule has 0 spiro atoms. The summed E-state index contributed by atoms with van der Waals surface area (Å²) < 4.78 is 29.5. The average Bonchev–Trinajstić information content (AvgIpc) is 2.99. The lowest BCUT2D eigenvalue weighted by Crippen LogP contribution is -2.04. The van der Waals surface area contributed by atoms with Gasteiger partial charge >= 0.3 is 0 Å². The molecule has 0 N–H and O–H groups in total. The van der Waals surface area contributed by atoms with Crippen molar-refractivity contribution in [3.8, 4) is 11.4 Å². The fourth-order valence-corrected chi connectivity index (χ4v) is 3.54. The Balaban J connectivity index is 1.96. The molecular weight excluding hydrogens is 354 g/mol. The lowest BCUT2D eigenvalue weighted by molar-refractivity contribution is 0.585. The van der Waals surface area contributed by atoms with Crippen LogP contribution in [0.3, 0.4) is 0 Å². The van der Waals surface area contributed by atoms with E-state index in [1.807, 2.05) is 30.5 Å². The molecule has 0 aliphatic heterocycles. The molecule has 0 unspecified atom stereocenters. The van der Waals surface area contributed by atoms with Crippen LogP contribution < -0.4 is 0 Å². The molecule has 26 heavy (non-hydrogen) atoms. The van der Waals surface area contributed by atoms with Crippen LogP contribution in [0.2, 0.25) is 0 Å². The molecule has 4 nitrogen and oxygen atoms in total. The fourth-order valence-electron chi connectivity index (χ4n) is 2.55. The van der Waals surface area contributed by atoms with E-state index in [0.717, 1.165) is 23.3 Å². The predicted octanol–water partition coefficient (Wildman–Crippen LogP) is 5.05. The summed E-state index contributed by atoms with van der Waals surface area (Å²) in [5.41, 5.74) is 2.11. The smallest absolute Gasteiger partial charge is 0.192 e. The van der Waals surface area contributed by atoms with Crippen molar-refractivity contribution in [2.45, 2.75) is 30.8 Å². The Labute approximate surface area is 155 Å². The summed E-state index contributed by atoms with van der Waals surface area (Å²) in [6.45, 7) is 8.23. The van der Waals surface area contributed by atoms with Gasteiger partial charge in [-0.1, -0.05) is 23.9 Å². The van der Waals surface area contributed by atoms with Crippen LogP contribution >= 0.6 is 11.8 Å². The SMILES string of the molecule is C=C(C)Cn1c(S[C@@H](C)c2cc(F)ccc2F)nnc1-c1ccncc1. The van der Waals surface area contributed by atoms with Gasteiger partial charge in [-0.05, 0) is 44.2 Å². The van der Waals surface area contributed by atoms with Crippen molar-refractivity contribution in [2.75, 3.05) is 0 Å². The summed E-state index contributed by atoms with van der Waals surface area (Å²) in [5, 5.41) is 8.83. The van der Waals surface area contributed by atoms with E-state index in [1.54, 1.807) is 12.4 Å². The molecule has 3 rings (SSSR count). The number of aromatic nitrogens is 4. The minimum atomic E-state index is -0.463. The van der Waals surface area contributed by atoms with Gasteiger partial charge in [0.1, 0.15) is 11.6 Å². The largest absolute Gasteiger partial charge is 0.298 e. The number of halogens is 2. The van der Waals surface area contributed by atoms with Crippen LogP contribution in [0.25, 0.3) is 11.4 Å². The van der Waals surface area contributed by atoms with Crippen molar-refractivity contribution >= 4 is 11.8 Å². The third-order valence-corrected chi connectivity index (χ3v) is 4.88. The highest BCUT2D eigenvalue weighted by molar-refractivity contribution is 7.99. The van der Waals surface area contributed by atoms with Crippen molar-refractivity contribution in [1.82, 2.24) is 19.7 Å². The molecule has 0 bridgehead atoms. The van der Waals surface area contributed by atoms with Crippen molar-refractivity contribution < 1.29 is 8.78 Å². The molecule has 7 heteroatoms. The standard InChI is InChI=1S/C19H18F2N4S/c1-12(2)11-25-18(14-6-8-22-9-7-14)23-24-19(25)26-13(3)16-10-15(20)4-5-17(16)21/h4-10,13H,1,11H2,2-3H3/t13-/m0/s1. The van der Waals surface area contributed by atoms with Gasteiger partial charge in [0.15, 0.2) is 11.0 Å². The number of hydrogen-bond acceptors (Lipinski definition) is 4. The van der Waals surface area contributed by atoms with Gasteiger partial charge in [-0.3, -0.25) is 9.55 Å². The quantitative estimate of drug-likeness (QED) is 0.449. The van der Waals surface area contributed by atoms with Crippen molar-refractivity contribution in [3.05, 3.63) is 72.1 Å². The van der Waals surface area contributed by atoms with Crippen LogP contribution in [0.5, 0.6) is 0 Å². The maximum Gasteiger partial charge on any atom is 0.192 e. The zero-order chi connectivity index (χ0) is 18.7. The van der Waals surface area contributed by atoms with E-state index in [0.29, 0.717) is 23.1 Å².